The average Bonchev–Trinajstić information content (AvgIpc) is 2.66. The van der Waals surface area contributed by atoms with Gasteiger partial charge in [-0.2, -0.15) is 4.98 Å². The van der Waals surface area contributed by atoms with E-state index in [1.807, 2.05) is 18.2 Å². The van der Waals surface area contributed by atoms with Gasteiger partial charge in [0.15, 0.2) is 0 Å². The van der Waals surface area contributed by atoms with E-state index >= 15 is 0 Å². The van der Waals surface area contributed by atoms with Gasteiger partial charge in [0.2, 0.25) is 0 Å². The van der Waals surface area contributed by atoms with Crippen LogP contribution in [-0.2, 0) is 0 Å². The highest BCUT2D eigenvalue weighted by molar-refractivity contribution is 14.1. The Kier molecular flexibility index (Phi) is 2.67. The van der Waals surface area contributed by atoms with Crippen LogP contribution < -0.4 is 0 Å². The third-order valence-corrected chi connectivity index (χ3v) is 2.36. The lowest BCUT2D eigenvalue weighted by molar-refractivity contribution is 0.0680. The van der Waals surface area contributed by atoms with Crippen LogP contribution in [0.2, 0.25) is 0 Å². The molecular weight excluding hydrogens is 311 g/mol. The number of hydrogen-bond acceptors (Lipinski definition) is 4. The Hall–Kier alpha value is -1.44. The molecule has 1 heterocycles. The second-order valence-corrected chi connectivity index (χ2v) is 3.98. The Balaban J connectivity index is 2.41. The lowest BCUT2D eigenvalue weighted by Gasteiger charge is -1.93. The topological polar surface area (TPSA) is 76.2 Å². The summed E-state index contributed by atoms with van der Waals surface area (Å²) in [5.74, 6) is -1.31. The van der Waals surface area contributed by atoms with Crippen molar-refractivity contribution in [2.75, 3.05) is 0 Å². The molecule has 1 N–H and O–H groups in total. The maximum atomic E-state index is 10.5. The van der Waals surface area contributed by atoms with Crippen molar-refractivity contribution in [3.63, 3.8) is 0 Å². The average molecular weight is 316 g/mol. The molecule has 0 fully saturated rings. The fourth-order valence-corrected chi connectivity index (χ4v) is 1.59. The van der Waals surface area contributed by atoms with Gasteiger partial charge in [-0.25, -0.2) is 4.79 Å². The van der Waals surface area contributed by atoms with Crippen LogP contribution in [0.3, 0.4) is 0 Å². The minimum absolute atomic E-state index is 0.214. The summed E-state index contributed by atoms with van der Waals surface area (Å²) in [6.07, 6.45) is 0. The highest BCUT2D eigenvalue weighted by Gasteiger charge is 2.13. The predicted molar refractivity (Wildman–Crippen MR) is 59.4 cm³/mol. The molecule has 0 aliphatic heterocycles. The molecule has 0 spiro atoms. The van der Waals surface area contributed by atoms with Gasteiger partial charge >= 0.3 is 5.97 Å². The number of aromatic carboxylic acids is 1. The van der Waals surface area contributed by atoms with E-state index in [2.05, 4.69) is 32.7 Å². The van der Waals surface area contributed by atoms with E-state index in [0.717, 1.165) is 3.57 Å². The van der Waals surface area contributed by atoms with Crippen LogP contribution in [0.1, 0.15) is 10.6 Å². The molecule has 0 saturated carbocycles. The summed E-state index contributed by atoms with van der Waals surface area (Å²) in [6.45, 7) is 0. The van der Waals surface area contributed by atoms with Crippen LogP contribution in [0.15, 0.2) is 28.8 Å². The molecule has 6 heteroatoms. The molecule has 76 valence electrons. The molecule has 1 aromatic carbocycles. The van der Waals surface area contributed by atoms with Crippen molar-refractivity contribution in [2.45, 2.75) is 0 Å². The SMILES string of the molecule is O=C(O)c1noc(-c2cccc(I)c2)n1. The van der Waals surface area contributed by atoms with Crippen LogP contribution in [0.4, 0.5) is 0 Å². The lowest BCUT2D eigenvalue weighted by Crippen LogP contribution is -1.98. The van der Waals surface area contributed by atoms with E-state index in [1.54, 1.807) is 6.07 Å². The van der Waals surface area contributed by atoms with E-state index in [0.29, 0.717) is 5.56 Å². The van der Waals surface area contributed by atoms with Gasteiger partial charge in [-0.3, -0.25) is 0 Å². The second kappa shape index (κ2) is 3.97. The Morgan fingerprint density at radius 2 is 2.27 bits per heavy atom. The van der Waals surface area contributed by atoms with Crippen molar-refractivity contribution >= 4 is 28.6 Å². The van der Waals surface area contributed by atoms with Crippen molar-refractivity contribution < 1.29 is 14.4 Å². The maximum absolute atomic E-state index is 10.5. The van der Waals surface area contributed by atoms with Gasteiger partial charge in [-0.05, 0) is 45.9 Å². The summed E-state index contributed by atoms with van der Waals surface area (Å²) < 4.78 is 5.84. The zero-order valence-corrected chi connectivity index (χ0v) is 9.50. The molecule has 2 rings (SSSR count). The van der Waals surface area contributed by atoms with Crippen LogP contribution in [0.25, 0.3) is 11.5 Å². The largest absolute Gasteiger partial charge is 0.475 e. The van der Waals surface area contributed by atoms with E-state index in [4.69, 9.17) is 9.63 Å². The summed E-state index contributed by atoms with van der Waals surface area (Å²) >= 11 is 2.15. The van der Waals surface area contributed by atoms with Crippen molar-refractivity contribution in [3.05, 3.63) is 33.7 Å². The monoisotopic (exact) mass is 316 g/mol. The molecule has 2 aromatic rings. The van der Waals surface area contributed by atoms with E-state index < -0.39 is 5.97 Å². The molecule has 0 aliphatic carbocycles. The normalized spacial score (nSPS) is 10.2. The zero-order valence-electron chi connectivity index (χ0n) is 7.35. The quantitative estimate of drug-likeness (QED) is 0.858. The number of carboxylic acid groups (broad SMARTS) is 1. The standard InChI is InChI=1S/C9H5IN2O3/c10-6-3-1-2-5(4-6)8-11-7(9(13)14)12-15-8/h1-4H,(H,13,14). The van der Waals surface area contributed by atoms with Crippen LogP contribution in [-0.4, -0.2) is 21.2 Å². The second-order valence-electron chi connectivity index (χ2n) is 2.74. The molecule has 0 amide bonds. The number of nitrogens with zero attached hydrogens (tertiary/aromatic N) is 2. The van der Waals surface area contributed by atoms with E-state index in [9.17, 15) is 4.79 Å². The first kappa shape index (κ1) is 10.1. The highest BCUT2D eigenvalue weighted by Crippen LogP contribution is 2.19. The Bertz CT molecular complexity index is 510. The number of benzene rings is 1. The zero-order chi connectivity index (χ0) is 10.8. The fraction of sp³-hybridized carbons (Fsp3) is 0. The predicted octanol–water partition coefficient (Wildman–Crippen LogP) is 2.04. The summed E-state index contributed by atoms with van der Waals surface area (Å²) in [4.78, 5) is 14.3. The van der Waals surface area contributed by atoms with Gasteiger partial charge in [0, 0.05) is 9.13 Å². The minimum atomic E-state index is -1.20. The van der Waals surface area contributed by atoms with Crippen molar-refractivity contribution in [3.8, 4) is 11.5 Å². The van der Waals surface area contributed by atoms with Crippen LogP contribution in [0, 0.1) is 3.57 Å². The fourth-order valence-electron chi connectivity index (χ4n) is 1.05. The first-order valence-corrected chi connectivity index (χ1v) is 5.07. The van der Waals surface area contributed by atoms with E-state index in [-0.39, 0.29) is 11.7 Å². The molecule has 0 saturated heterocycles. The highest BCUT2D eigenvalue weighted by atomic mass is 127. The smallest absolute Gasteiger partial charge is 0.377 e. The lowest BCUT2D eigenvalue weighted by atomic mass is 10.2. The van der Waals surface area contributed by atoms with Crippen LogP contribution in [0.5, 0.6) is 0 Å². The van der Waals surface area contributed by atoms with Crippen molar-refractivity contribution in [1.29, 1.82) is 0 Å². The van der Waals surface area contributed by atoms with Gasteiger partial charge in [0.1, 0.15) is 0 Å². The van der Waals surface area contributed by atoms with Crippen LogP contribution >= 0.6 is 22.6 Å². The number of carbonyl (C=O) groups is 1. The summed E-state index contributed by atoms with van der Waals surface area (Å²) in [5.41, 5.74) is 0.710. The number of aromatic nitrogens is 2. The molecule has 15 heavy (non-hydrogen) atoms. The molecule has 0 aliphatic rings. The first-order valence-electron chi connectivity index (χ1n) is 4.00. The van der Waals surface area contributed by atoms with Gasteiger partial charge in [-0.15, -0.1) is 0 Å². The van der Waals surface area contributed by atoms with Gasteiger partial charge < -0.3 is 9.63 Å². The number of hydrogen-bond donors (Lipinski definition) is 1. The summed E-state index contributed by atoms with van der Waals surface area (Å²) in [5, 5.41) is 11.9. The summed E-state index contributed by atoms with van der Waals surface area (Å²) in [6, 6.07) is 7.36. The number of rotatable bonds is 2. The molecule has 0 atom stereocenters. The minimum Gasteiger partial charge on any atom is -0.475 e. The summed E-state index contributed by atoms with van der Waals surface area (Å²) in [7, 11) is 0. The van der Waals surface area contributed by atoms with E-state index in [1.165, 1.54) is 0 Å². The Labute approximate surface area is 98.3 Å². The van der Waals surface area contributed by atoms with Gasteiger partial charge in [-0.1, -0.05) is 6.07 Å². The maximum Gasteiger partial charge on any atom is 0.377 e. The molecule has 5 nitrogen and oxygen atoms in total. The molecular formula is C9H5IN2O3. The Morgan fingerprint density at radius 1 is 1.47 bits per heavy atom. The van der Waals surface area contributed by atoms with Crippen molar-refractivity contribution in [2.24, 2.45) is 0 Å². The molecule has 0 bridgehead atoms. The molecule has 0 radical (unpaired) electrons. The Morgan fingerprint density at radius 3 is 2.87 bits per heavy atom. The molecule has 0 unspecified atom stereocenters. The third kappa shape index (κ3) is 2.14. The van der Waals surface area contributed by atoms with Crippen molar-refractivity contribution in [1.82, 2.24) is 10.1 Å². The first-order chi connectivity index (χ1) is 7.16. The van der Waals surface area contributed by atoms with Gasteiger partial charge in [0.25, 0.3) is 11.7 Å². The third-order valence-electron chi connectivity index (χ3n) is 1.69. The number of carboxylic acids is 1. The van der Waals surface area contributed by atoms with Gasteiger partial charge in [0.05, 0.1) is 0 Å². The number of halogens is 1. The molecule has 1 aromatic heterocycles.